The molecule has 0 fully saturated rings. The van der Waals surface area contributed by atoms with Crippen molar-refractivity contribution in [3.63, 3.8) is 0 Å². The van der Waals surface area contributed by atoms with E-state index in [1.165, 1.54) is 38.6 Å². The molecular formula is C13H29N. The second kappa shape index (κ2) is 7.28. The summed E-state index contributed by atoms with van der Waals surface area (Å²) >= 11 is 0. The third kappa shape index (κ3) is 4.99. The van der Waals surface area contributed by atoms with Crippen molar-refractivity contribution in [1.82, 2.24) is 5.32 Å². The number of unbranched alkanes of at least 4 members (excludes halogenated alkanes) is 1. The summed E-state index contributed by atoms with van der Waals surface area (Å²) in [5.41, 5.74) is 0.554. The molecule has 0 heterocycles. The molecule has 0 aliphatic rings. The molecule has 86 valence electrons. The predicted octanol–water partition coefficient (Wildman–Crippen LogP) is 3.84. The quantitative estimate of drug-likeness (QED) is 0.626. The van der Waals surface area contributed by atoms with Gasteiger partial charge in [0.05, 0.1) is 0 Å². The van der Waals surface area contributed by atoms with Crippen molar-refractivity contribution in [2.45, 2.75) is 59.8 Å². The van der Waals surface area contributed by atoms with Crippen molar-refractivity contribution in [3.05, 3.63) is 0 Å². The summed E-state index contributed by atoms with van der Waals surface area (Å²) in [4.78, 5) is 0. The summed E-state index contributed by atoms with van der Waals surface area (Å²) < 4.78 is 0. The number of hydrogen-bond donors (Lipinski definition) is 1. The lowest BCUT2D eigenvalue weighted by atomic mass is 9.74. The Kier molecular flexibility index (Phi) is 7.26. The SMILES string of the molecule is CCCCC(CC)(CNC)CC(C)C. The van der Waals surface area contributed by atoms with Crippen molar-refractivity contribution < 1.29 is 0 Å². The summed E-state index contributed by atoms with van der Waals surface area (Å²) in [5.74, 6) is 0.820. The van der Waals surface area contributed by atoms with Gasteiger partial charge in [-0.05, 0) is 37.6 Å². The first-order valence-electron chi connectivity index (χ1n) is 6.24. The second-order valence-corrected chi connectivity index (χ2v) is 5.09. The van der Waals surface area contributed by atoms with Crippen LogP contribution in [-0.2, 0) is 0 Å². The number of rotatable bonds is 8. The summed E-state index contributed by atoms with van der Waals surface area (Å²) in [7, 11) is 2.08. The van der Waals surface area contributed by atoms with Crippen LogP contribution >= 0.6 is 0 Å². The van der Waals surface area contributed by atoms with Gasteiger partial charge in [0, 0.05) is 6.54 Å². The predicted molar refractivity (Wildman–Crippen MR) is 65.6 cm³/mol. The van der Waals surface area contributed by atoms with Gasteiger partial charge in [0.1, 0.15) is 0 Å². The zero-order chi connectivity index (χ0) is 11.0. The molecule has 0 radical (unpaired) electrons. The molecule has 14 heavy (non-hydrogen) atoms. The molecule has 1 heteroatoms. The van der Waals surface area contributed by atoms with E-state index in [0.717, 1.165) is 5.92 Å². The van der Waals surface area contributed by atoms with Gasteiger partial charge in [0.25, 0.3) is 0 Å². The van der Waals surface area contributed by atoms with Gasteiger partial charge in [-0.25, -0.2) is 0 Å². The highest BCUT2D eigenvalue weighted by atomic mass is 14.8. The van der Waals surface area contributed by atoms with Gasteiger partial charge in [-0.1, -0.05) is 40.5 Å². The molecule has 0 saturated carbocycles. The smallest absolute Gasteiger partial charge is 0.000480 e. The van der Waals surface area contributed by atoms with Gasteiger partial charge in [-0.3, -0.25) is 0 Å². The molecule has 0 bridgehead atoms. The van der Waals surface area contributed by atoms with E-state index in [1.54, 1.807) is 0 Å². The lowest BCUT2D eigenvalue weighted by molar-refractivity contribution is 0.189. The van der Waals surface area contributed by atoms with E-state index < -0.39 is 0 Å². The lowest BCUT2D eigenvalue weighted by Gasteiger charge is -2.34. The number of nitrogens with one attached hydrogen (secondary N) is 1. The minimum absolute atomic E-state index is 0.554. The topological polar surface area (TPSA) is 12.0 Å². The molecular weight excluding hydrogens is 170 g/mol. The van der Waals surface area contributed by atoms with Crippen LogP contribution < -0.4 is 5.32 Å². The van der Waals surface area contributed by atoms with Crippen molar-refractivity contribution in [3.8, 4) is 0 Å². The highest BCUT2D eigenvalue weighted by molar-refractivity contribution is 4.81. The van der Waals surface area contributed by atoms with E-state index in [2.05, 4.69) is 40.1 Å². The fraction of sp³-hybridized carbons (Fsp3) is 1.00. The summed E-state index contributed by atoms with van der Waals surface area (Å²) in [6.07, 6.45) is 6.77. The molecule has 1 atom stereocenters. The standard InChI is InChI=1S/C13H29N/c1-6-8-9-13(7-2,11-14-5)10-12(3)4/h12,14H,6-11H2,1-5H3. The Labute approximate surface area is 90.7 Å². The first-order valence-corrected chi connectivity index (χ1v) is 6.24. The van der Waals surface area contributed by atoms with Gasteiger partial charge < -0.3 is 5.32 Å². The zero-order valence-corrected chi connectivity index (χ0v) is 10.8. The molecule has 1 unspecified atom stereocenters. The Morgan fingerprint density at radius 2 is 1.86 bits per heavy atom. The van der Waals surface area contributed by atoms with Crippen LogP contribution in [0.1, 0.15) is 59.8 Å². The van der Waals surface area contributed by atoms with Crippen molar-refractivity contribution in [2.24, 2.45) is 11.3 Å². The van der Waals surface area contributed by atoms with Crippen molar-refractivity contribution in [1.29, 1.82) is 0 Å². The lowest BCUT2D eigenvalue weighted by Crippen LogP contribution is -2.33. The van der Waals surface area contributed by atoms with E-state index in [0.29, 0.717) is 5.41 Å². The molecule has 0 aromatic carbocycles. The average Bonchev–Trinajstić information content (AvgIpc) is 2.14. The fourth-order valence-electron chi connectivity index (χ4n) is 2.50. The third-order valence-corrected chi connectivity index (χ3v) is 3.20. The molecule has 0 aromatic heterocycles. The Morgan fingerprint density at radius 1 is 1.21 bits per heavy atom. The molecule has 1 nitrogen and oxygen atoms in total. The highest BCUT2D eigenvalue weighted by Crippen LogP contribution is 2.35. The Hall–Kier alpha value is -0.0400. The van der Waals surface area contributed by atoms with Gasteiger partial charge in [0.15, 0.2) is 0 Å². The fourth-order valence-corrected chi connectivity index (χ4v) is 2.50. The van der Waals surface area contributed by atoms with Crippen LogP contribution in [0.3, 0.4) is 0 Å². The molecule has 0 amide bonds. The maximum absolute atomic E-state index is 3.37. The highest BCUT2D eigenvalue weighted by Gasteiger charge is 2.27. The van der Waals surface area contributed by atoms with Crippen LogP contribution in [0.5, 0.6) is 0 Å². The van der Waals surface area contributed by atoms with Crippen LogP contribution in [0, 0.1) is 11.3 Å². The Bertz CT molecular complexity index is 131. The van der Waals surface area contributed by atoms with E-state index in [4.69, 9.17) is 0 Å². The first-order chi connectivity index (χ1) is 6.60. The van der Waals surface area contributed by atoms with Gasteiger partial charge in [0.2, 0.25) is 0 Å². The monoisotopic (exact) mass is 199 g/mol. The third-order valence-electron chi connectivity index (χ3n) is 3.20. The molecule has 0 saturated heterocycles. The Morgan fingerprint density at radius 3 is 2.21 bits per heavy atom. The summed E-state index contributed by atoms with van der Waals surface area (Å²) in [6.45, 7) is 10.5. The second-order valence-electron chi connectivity index (χ2n) is 5.09. The van der Waals surface area contributed by atoms with E-state index in [-0.39, 0.29) is 0 Å². The maximum atomic E-state index is 3.37. The zero-order valence-electron chi connectivity index (χ0n) is 10.8. The molecule has 1 N–H and O–H groups in total. The van der Waals surface area contributed by atoms with Gasteiger partial charge in [-0.2, -0.15) is 0 Å². The average molecular weight is 199 g/mol. The Balaban J connectivity index is 4.26. The molecule has 0 aliphatic carbocycles. The van der Waals surface area contributed by atoms with Crippen molar-refractivity contribution in [2.75, 3.05) is 13.6 Å². The van der Waals surface area contributed by atoms with Crippen LogP contribution in [0.25, 0.3) is 0 Å². The van der Waals surface area contributed by atoms with Crippen LogP contribution in [-0.4, -0.2) is 13.6 Å². The molecule has 0 spiro atoms. The van der Waals surface area contributed by atoms with Crippen LogP contribution in [0.2, 0.25) is 0 Å². The largest absolute Gasteiger partial charge is 0.319 e. The van der Waals surface area contributed by atoms with Crippen LogP contribution in [0.4, 0.5) is 0 Å². The minimum Gasteiger partial charge on any atom is -0.319 e. The van der Waals surface area contributed by atoms with E-state index in [1.807, 2.05) is 0 Å². The summed E-state index contributed by atoms with van der Waals surface area (Å²) in [6, 6.07) is 0. The number of hydrogen-bond acceptors (Lipinski definition) is 1. The van der Waals surface area contributed by atoms with Crippen molar-refractivity contribution >= 4 is 0 Å². The van der Waals surface area contributed by atoms with E-state index in [9.17, 15) is 0 Å². The molecule has 0 rings (SSSR count). The summed E-state index contributed by atoms with van der Waals surface area (Å²) in [5, 5.41) is 3.37. The first kappa shape index (κ1) is 14.0. The van der Waals surface area contributed by atoms with Gasteiger partial charge >= 0.3 is 0 Å². The van der Waals surface area contributed by atoms with Gasteiger partial charge in [-0.15, -0.1) is 0 Å². The normalized spacial score (nSPS) is 15.9. The van der Waals surface area contributed by atoms with E-state index >= 15 is 0 Å². The molecule has 0 aromatic rings. The maximum Gasteiger partial charge on any atom is 0.000480 e. The van der Waals surface area contributed by atoms with Crippen LogP contribution in [0.15, 0.2) is 0 Å². The molecule has 0 aliphatic heterocycles. The minimum atomic E-state index is 0.554.